The number of hydrogen-bond donors (Lipinski definition) is 0. The Balaban J connectivity index is 3.19. The van der Waals surface area contributed by atoms with Crippen molar-refractivity contribution in [3.63, 3.8) is 0 Å². The largest absolute Gasteiger partial charge is 0.293 e. The highest BCUT2D eigenvalue weighted by molar-refractivity contribution is 9.12. The summed E-state index contributed by atoms with van der Waals surface area (Å²) in [7, 11) is 0. The Labute approximate surface area is 119 Å². The number of carbonyl (C=O) groups is 1. The molecule has 6 heteroatoms. The van der Waals surface area contributed by atoms with Crippen LogP contribution in [0.1, 0.15) is 10.4 Å². The van der Waals surface area contributed by atoms with Crippen molar-refractivity contribution in [1.29, 1.82) is 0 Å². The molecule has 0 heterocycles. The lowest BCUT2D eigenvalue weighted by Crippen LogP contribution is -2.16. The van der Waals surface area contributed by atoms with Gasteiger partial charge in [-0.05, 0) is 12.1 Å². The maximum atomic E-state index is 11.8. The Morgan fingerprint density at radius 2 is 1.93 bits per heavy atom. The van der Waals surface area contributed by atoms with Gasteiger partial charge in [0.25, 0.3) is 0 Å². The molecule has 0 fully saturated rings. The van der Waals surface area contributed by atoms with E-state index in [0.717, 1.165) is 0 Å². The van der Waals surface area contributed by atoms with Crippen LogP contribution in [0, 0.1) is 0 Å². The zero-order valence-corrected chi connectivity index (χ0v) is 12.7. The fourth-order valence-corrected chi connectivity index (χ4v) is 2.21. The normalized spacial score (nSPS) is 12.6. The lowest BCUT2D eigenvalue weighted by atomic mass is 10.1. The van der Waals surface area contributed by atoms with E-state index in [0.29, 0.717) is 15.9 Å². The number of rotatable bonds is 3. The summed E-state index contributed by atoms with van der Waals surface area (Å²) in [6.45, 7) is 0. The average molecular weight is 395 g/mol. The molecular formula is C9H5Br2Cl3O. The molecule has 1 rings (SSSR count). The highest BCUT2D eigenvalue weighted by Crippen LogP contribution is 2.31. The average Bonchev–Trinajstić information content (AvgIpc) is 2.21. The van der Waals surface area contributed by atoms with Gasteiger partial charge in [0.15, 0.2) is 5.78 Å². The third-order valence-corrected chi connectivity index (χ3v) is 4.95. The first kappa shape index (κ1) is 13.8. The van der Waals surface area contributed by atoms with Crippen LogP contribution < -0.4 is 0 Å². The molecule has 0 spiro atoms. The molecule has 15 heavy (non-hydrogen) atoms. The van der Waals surface area contributed by atoms with Gasteiger partial charge in [-0.2, -0.15) is 0 Å². The Morgan fingerprint density at radius 3 is 2.47 bits per heavy atom. The van der Waals surface area contributed by atoms with Gasteiger partial charge in [-0.25, -0.2) is 0 Å². The van der Waals surface area contributed by atoms with Gasteiger partial charge in [0.1, 0.15) is 0 Å². The van der Waals surface area contributed by atoms with Gasteiger partial charge in [0.05, 0.1) is 14.9 Å². The summed E-state index contributed by atoms with van der Waals surface area (Å²) in [5.74, 6) is -0.152. The third-order valence-electron chi connectivity index (χ3n) is 1.68. The summed E-state index contributed by atoms with van der Waals surface area (Å²) in [5, 5.41) is 1.40. The van der Waals surface area contributed by atoms with Crippen LogP contribution in [0.3, 0.4) is 0 Å². The van der Waals surface area contributed by atoms with E-state index >= 15 is 0 Å². The second-order valence-electron chi connectivity index (χ2n) is 2.74. The van der Waals surface area contributed by atoms with Crippen LogP contribution >= 0.6 is 66.7 Å². The lowest BCUT2D eigenvalue weighted by Gasteiger charge is -2.08. The first-order chi connectivity index (χ1) is 6.97. The maximum Gasteiger partial charge on any atom is 0.178 e. The summed E-state index contributed by atoms with van der Waals surface area (Å²) in [5.41, 5.74) is 0.329. The zero-order valence-electron chi connectivity index (χ0n) is 7.24. The van der Waals surface area contributed by atoms with Crippen LogP contribution in [0.25, 0.3) is 0 Å². The Bertz CT molecular complexity index is 395. The summed E-state index contributed by atoms with van der Waals surface area (Å²) in [6, 6.07) is 3.01. The summed E-state index contributed by atoms with van der Waals surface area (Å²) in [6.07, 6.45) is 0. The standard InChI is InChI=1S/C9H5Br2Cl3O/c10-3-6(11)9(15)5-1-4(12)2-7(13)8(5)14/h1-2,6H,3H2. The van der Waals surface area contributed by atoms with Crippen molar-refractivity contribution in [1.82, 2.24) is 0 Å². The molecule has 0 aliphatic heterocycles. The van der Waals surface area contributed by atoms with Crippen molar-refractivity contribution >= 4 is 72.4 Å². The SMILES string of the molecule is O=C(c1cc(Cl)cc(Cl)c1Cl)C(Br)CBr. The first-order valence-electron chi connectivity index (χ1n) is 3.86. The fraction of sp³-hybridized carbons (Fsp3) is 0.222. The summed E-state index contributed by atoms with van der Waals surface area (Å²) in [4.78, 5) is 11.5. The van der Waals surface area contributed by atoms with Gasteiger partial charge >= 0.3 is 0 Å². The molecule has 1 unspecified atom stereocenters. The molecule has 0 bridgehead atoms. The molecule has 0 aliphatic rings. The Hall–Kier alpha value is 0.720. The number of Topliss-reactive ketones (excluding diaryl/α,β-unsaturated/α-hetero) is 1. The second kappa shape index (κ2) is 5.87. The summed E-state index contributed by atoms with van der Waals surface area (Å²) >= 11 is 23.9. The van der Waals surface area contributed by atoms with Gasteiger partial charge in [-0.3, -0.25) is 4.79 Å². The molecule has 1 aromatic carbocycles. The monoisotopic (exact) mass is 392 g/mol. The minimum atomic E-state index is -0.343. The molecular weight excluding hydrogens is 390 g/mol. The van der Waals surface area contributed by atoms with Crippen LogP contribution in [0.5, 0.6) is 0 Å². The molecule has 1 nitrogen and oxygen atoms in total. The van der Waals surface area contributed by atoms with Crippen molar-refractivity contribution in [2.45, 2.75) is 4.83 Å². The lowest BCUT2D eigenvalue weighted by molar-refractivity contribution is 0.0997. The number of carbonyl (C=O) groups excluding carboxylic acids is 1. The van der Waals surface area contributed by atoms with E-state index in [1.807, 2.05) is 0 Å². The maximum absolute atomic E-state index is 11.8. The van der Waals surface area contributed by atoms with Crippen molar-refractivity contribution in [3.8, 4) is 0 Å². The zero-order chi connectivity index (χ0) is 11.6. The van der Waals surface area contributed by atoms with Gasteiger partial charge in [-0.1, -0.05) is 66.7 Å². The Morgan fingerprint density at radius 1 is 1.33 bits per heavy atom. The van der Waals surface area contributed by atoms with Gasteiger partial charge in [0.2, 0.25) is 0 Å². The van der Waals surface area contributed by atoms with Crippen LogP contribution in [-0.2, 0) is 0 Å². The van der Waals surface area contributed by atoms with E-state index in [2.05, 4.69) is 31.9 Å². The molecule has 1 atom stereocenters. The van der Waals surface area contributed by atoms with Crippen LogP contribution in [0.2, 0.25) is 15.1 Å². The number of ketones is 1. The topological polar surface area (TPSA) is 17.1 Å². The van der Waals surface area contributed by atoms with E-state index < -0.39 is 0 Å². The van der Waals surface area contributed by atoms with Crippen molar-refractivity contribution < 1.29 is 4.79 Å². The molecule has 0 aromatic heterocycles. The van der Waals surface area contributed by atoms with E-state index in [9.17, 15) is 4.79 Å². The number of alkyl halides is 2. The fourth-order valence-electron chi connectivity index (χ4n) is 0.974. The second-order valence-corrected chi connectivity index (χ2v) is 5.71. The van der Waals surface area contributed by atoms with Gasteiger partial charge in [0, 0.05) is 15.9 Å². The molecule has 0 saturated heterocycles. The van der Waals surface area contributed by atoms with Crippen LogP contribution in [0.4, 0.5) is 0 Å². The molecule has 0 amide bonds. The predicted octanol–water partition coefficient (Wildman–Crippen LogP) is 4.99. The Kier molecular flexibility index (Phi) is 5.40. The van der Waals surface area contributed by atoms with Gasteiger partial charge < -0.3 is 0 Å². The van der Waals surface area contributed by atoms with E-state index in [1.54, 1.807) is 0 Å². The van der Waals surface area contributed by atoms with Crippen molar-refractivity contribution in [3.05, 3.63) is 32.8 Å². The van der Waals surface area contributed by atoms with E-state index in [-0.39, 0.29) is 20.7 Å². The van der Waals surface area contributed by atoms with Crippen molar-refractivity contribution in [2.24, 2.45) is 0 Å². The quantitative estimate of drug-likeness (QED) is 0.401. The number of benzene rings is 1. The summed E-state index contributed by atoms with van der Waals surface area (Å²) < 4.78 is 0. The van der Waals surface area contributed by atoms with Crippen molar-refractivity contribution in [2.75, 3.05) is 5.33 Å². The minimum absolute atomic E-state index is 0.152. The van der Waals surface area contributed by atoms with Crippen LogP contribution in [-0.4, -0.2) is 15.9 Å². The first-order valence-corrected chi connectivity index (χ1v) is 7.03. The minimum Gasteiger partial charge on any atom is -0.293 e. The molecule has 82 valence electrons. The highest BCUT2D eigenvalue weighted by Gasteiger charge is 2.20. The molecule has 0 N–H and O–H groups in total. The van der Waals surface area contributed by atoms with E-state index in [4.69, 9.17) is 34.8 Å². The number of hydrogen-bond acceptors (Lipinski definition) is 1. The molecule has 0 aliphatic carbocycles. The predicted molar refractivity (Wildman–Crippen MR) is 72.3 cm³/mol. The van der Waals surface area contributed by atoms with Gasteiger partial charge in [-0.15, -0.1) is 0 Å². The van der Waals surface area contributed by atoms with Crippen LogP contribution in [0.15, 0.2) is 12.1 Å². The van der Waals surface area contributed by atoms with E-state index in [1.165, 1.54) is 12.1 Å². The highest BCUT2D eigenvalue weighted by atomic mass is 79.9. The molecule has 0 radical (unpaired) electrons. The molecule has 0 saturated carbocycles. The molecule has 1 aromatic rings. The third kappa shape index (κ3) is 3.34. The number of halogens is 5. The smallest absolute Gasteiger partial charge is 0.178 e.